The van der Waals surface area contributed by atoms with E-state index in [4.69, 9.17) is 26.9 Å². The van der Waals surface area contributed by atoms with Crippen molar-refractivity contribution in [1.29, 1.82) is 10.5 Å². The Bertz CT molecular complexity index is 971. The fourth-order valence-corrected chi connectivity index (χ4v) is 2.75. The van der Waals surface area contributed by atoms with E-state index in [9.17, 15) is 9.59 Å². The topological polar surface area (TPSA) is 125 Å². The van der Waals surface area contributed by atoms with E-state index in [1.165, 1.54) is 11.0 Å². The average molecular weight is 415 g/mol. The van der Waals surface area contributed by atoms with Gasteiger partial charge in [-0.2, -0.15) is 15.6 Å². The van der Waals surface area contributed by atoms with E-state index in [0.717, 1.165) is 11.4 Å². The number of hydrogen-bond acceptors (Lipinski definition) is 7. The predicted octanol–water partition coefficient (Wildman–Crippen LogP) is 2.35. The largest absolute Gasteiger partial charge is 0.451 e. The third kappa shape index (κ3) is 5.77. The molecule has 1 amide bonds. The third-order valence-electron chi connectivity index (χ3n) is 3.92. The first-order valence-corrected chi connectivity index (χ1v) is 9.14. The highest BCUT2D eigenvalue weighted by Crippen LogP contribution is 2.18. The van der Waals surface area contributed by atoms with Gasteiger partial charge in [-0.05, 0) is 32.0 Å². The monoisotopic (exact) mass is 414 g/mol. The number of aromatic nitrogens is 3. The second-order valence-corrected chi connectivity index (χ2v) is 6.52. The van der Waals surface area contributed by atoms with Crippen LogP contribution in [0.5, 0.6) is 0 Å². The highest BCUT2D eigenvalue weighted by molar-refractivity contribution is 6.33. The Balaban J connectivity index is 2.11. The number of carbonyl (C=O) groups excluding carboxylic acids is 2. The summed E-state index contributed by atoms with van der Waals surface area (Å²) in [5.41, 5.74) is 1.49. The quantitative estimate of drug-likeness (QED) is 0.607. The molecule has 0 bridgehead atoms. The Morgan fingerprint density at radius 1 is 1.21 bits per heavy atom. The third-order valence-corrected chi connectivity index (χ3v) is 4.22. The maximum Gasteiger partial charge on any atom is 0.359 e. The summed E-state index contributed by atoms with van der Waals surface area (Å²) in [7, 11) is 0. The number of amides is 1. The molecule has 2 aromatic rings. The van der Waals surface area contributed by atoms with Crippen LogP contribution in [-0.2, 0) is 9.53 Å². The summed E-state index contributed by atoms with van der Waals surface area (Å²) < 4.78 is 6.63. The minimum absolute atomic E-state index is 0.0820. The van der Waals surface area contributed by atoms with Gasteiger partial charge in [-0.1, -0.05) is 11.6 Å². The van der Waals surface area contributed by atoms with Gasteiger partial charge in [0.05, 0.1) is 35.7 Å². The Morgan fingerprint density at radius 3 is 2.41 bits per heavy atom. The molecule has 0 saturated carbocycles. The van der Waals surface area contributed by atoms with Gasteiger partial charge in [-0.3, -0.25) is 4.79 Å². The number of carbonyl (C=O) groups is 2. The van der Waals surface area contributed by atoms with Gasteiger partial charge < -0.3 is 9.64 Å². The van der Waals surface area contributed by atoms with Crippen LogP contribution >= 0.6 is 11.6 Å². The predicted molar refractivity (Wildman–Crippen MR) is 103 cm³/mol. The number of aryl methyl sites for hydroxylation is 2. The lowest BCUT2D eigenvalue weighted by molar-refractivity contribution is -0.134. The number of nitrogens with zero attached hydrogens (tertiary/aromatic N) is 6. The van der Waals surface area contributed by atoms with Crippen LogP contribution in [0.2, 0.25) is 5.02 Å². The molecule has 10 heteroatoms. The number of hydrogen-bond donors (Lipinski definition) is 0. The SMILES string of the molecule is Cc1cc(C)n(-c2ccc(Cl)c(C(=O)OCC(=O)N(CCC#N)CCC#N)n2)n1. The molecule has 0 aromatic carbocycles. The molecule has 0 fully saturated rings. The Hall–Kier alpha value is -3.43. The lowest BCUT2D eigenvalue weighted by atomic mass is 10.3. The minimum Gasteiger partial charge on any atom is -0.451 e. The van der Waals surface area contributed by atoms with Gasteiger partial charge in [-0.25, -0.2) is 14.5 Å². The van der Waals surface area contributed by atoms with Crippen LogP contribution in [0.15, 0.2) is 18.2 Å². The Labute approximate surface area is 173 Å². The summed E-state index contributed by atoms with van der Waals surface area (Å²) in [4.78, 5) is 30.2. The summed E-state index contributed by atoms with van der Waals surface area (Å²) >= 11 is 6.08. The molecule has 0 radical (unpaired) electrons. The molecule has 0 aliphatic rings. The molecule has 150 valence electrons. The van der Waals surface area contributed by atoms with Crippen molar-refractivity contribution in [1.82, 2.24) is 19.7 Å². The molecular weight excluding hydrogens is 396 g/mol. The number of halogens is 1. The zero-order valence-electron chi connectivity index (χ0n) is 16.1. The highest BCUT2D eigenvalue weighted by Gasteiger charge is 2.20. The van der Waals surface area contributed by atoms with Gasteiger partial charge in [0.2, 0.25) is 0 Å². The van der Waals surface area contributed by atoms with Crippen molar-refractivity contribution in [2.24, 2.45) is 0 Å². The van der Waals surface area contributed by atoms with Gasteiger partial charge in [0.15, 0.2) is 18.1 Å². The molecule has 9 nitrogen and oxygen atoms in total. The second kappa shape index (κ2) is 10.2. The first-order valence-electron chi connectivity index (χ1n) is 8.76. The second-order valence-electron chi connectivity index (χ2n) is 6.11. The maximum absolute atomic E-state index is 12.4. The van der Waals surface area contributed by atoms with E-state index in [-0.39, 0.29) is 36.6 Å². The molecule has 0 aliphatic carbocycles. The molecule has 2 rings (SSSR count). The zero-order valence-corrected chi connectivity index (χ0v) is 16.8. The van der Waals surface area contributed by atoms with Crippen molar-refractivity contribution < 1.29 is 14.3 Å². The van der Waals surface area contributed by atoms with Crippen molar-refractivity contribution in [3.63, 3.8) is 0 Å². The molecule has 0 N–H and O–H groups in total. The van der Waals surface area contributed by atoms with Crippen molar-refractivity contribution in [2.75, 3.05) is 19.7 Å². The first-order chi connectivity index (χ1) is 13.9. The average Bonchev–Trinajstić information content (AvgIpc) is 3.04. The molecule has 0 atom stereocenters. The van der Waals surface area contributed by atoms with Crippen LogP contribution in [0.1, 0.15) is 34.7 Å². The summed E-state index contributed by atoms with van der Waals surface area (Å²) in [6.07, 6.45) is 0.229. The van der Waals surface area contributed by atoms with Crippen molar-refractivity contribution >= 4 is 23.5 Å². The molecule has 0 saturated heterocycles. The first kappa shape index (κ1) is 21.9. The molecule has 29 heavy (non-hydrogen) atoms. The van der Waals surface area contributed by atoms with E-state index in [1.807, 2.05) is 32.1 Å². The summed E-state index contributed by atoms with van der Waals surface area (Å²) in [6, 6.07) is 8.86. The van der Waals surface area contributed by atoms with Crippen LogP contribution in [0, 0.1) is 36.5 Å². The fraction of sp³-hybridized carbons (Fsp3) is 0.368. The fourth-order valence-electron chi connectivity index (χ4n) is 2.57. The van der Waals surface area contributed by atoms with Gasteiger partial charge in [0, 0.05) is 18.8 Å². The number of esters is 1. The van der Waals surface area contributed by atoms with Gasteiger partial charge >= 0.3 is 5.97 Å². The smallest absolute Gasteiger partial charge is 0.359 e. The van der Waals surface area contributed by atoms with Crippen molar-refractivity contribution in [2.45, 2.75) is 26.7 Å². The Morgan fingerprint density at radius 2 is 1.86 bits per heavy atom. The van der Waals surface area contributed by atoms with Crippen LogP contribution < -0.4 is 0 Å². The van der Waals surface area contributed by atoms with Crippen LogP contribution in [0.4, 0.5) is 0 Å². The molecule has 0 aliphatic heterocycles. The van der Waals surface area contributed by atoms with Gasteiger partial charge in [0.1, 0.15) is 0 Å². The molecule has 0 spiro atoms. The van der Waals surface area contributed by atoms with Crippen molar-refractivity contribution in [3.05, 3.63) is 40.3 Å². The highest BCUT2D eigenvalue weighted by atomic mass is 35.5. The summed E-state index contributed by atoms with van der Waals surface area (Å²) in [6.45, 7) is 3.45. The number of nitriles is 2. The van der Waals surface area contributed by atoms with Gasteiger partial charge in [-0.15, -0.1) is 0 Å². The number of ether oxygens (including phenoxy) is 1. The standard InChI is InChI=1S/C19H19ClN6O3/c1-13-11-14(2)26(24-13)16-6-5-15(20)18(23-16)19(28)29-12-17(27)25(9-3-7-21)10-4-8-22/h5-6,11H,3-4,9-10,12H2,1-2H3. The number of pyridine rings is 1. The molecule has 0 unspecified atom stereocenters. The van der Waals surface area contributed by atoms with Crippen molar-refractivity contribution in [3.8, 4) is 18.0 Å². The van der Waals surface area contributed by atoms with Gasteiger partial charge in [0.25, 0.3) is 5.91 Å². The van der Waals surface area contributed by atoms with Crippen LogP contribution in [0.25, 0.3) is 5.82 Å². The number of rotatable bonds is 8. The van der Waals surface area contributed by atoms with E-state index >= 15 is 0 Å². The summed E-state index contributed by atoms with van der Waals surface area (Å²) in [5.74, 6) is -0.968. The molecular formula is C19H19ClN6O3. The lowest BCUT2D eigenvalue weighted by Crippen LogP contribution is -2.36. The zero-order chi connectivity index (χ0) is 21.4. The van der Waals surface area contributed by atoms with Crippen LogP contribution in [0.3, 0.4) is 0 Å². The van der Waals surface area contributed by atoms with E-state index in [0.29, 0.717) is 5.82 Å². The lowest BCUT2D eigenvalue weighted by Gasteiger charge is -2.20. The van der Waals surface area contributed by atoms with E-state index in [1.54, 1.807) is 10.7 Å². The van der Waals surface area contributed by atoms with E-state index in [2.05, 4.69) is 10.1 Å². The summed E-state index contributed by atoms with van der Waals surface area (Å²) in [5, 5.41) is 21.8. The molecule has 2 heterocycles. The minimum atomic E-state index is -0.854. The Kier molecular flexibility index (Phi) is 7.70. The maximum atomic E-state index is 12.4. The normalized spacial score (nSPS) is 10.1. The van der Waals surface area contributed by atoms with E-state index < -0.39 is 18.5 Å². The van der Waals surface area contributed by atoms with Crippen LogP contribution in [-0.4, -0.2) is 51.2 Å². The molecule has 2 aromatic heterocycles.